The molecule has 1 heterocycles. The molecule has 3 rings (SSSR count). The monoisotopic (exact) mass is 262 g/mol. The quantitative estimate of drug-likeness (QED) is 0.901. The highest BCUT2D eigenvalue weighted by Gasteiger charge is 2.25. The van der Waals surface area contributed by atoms with Crippen molar-refractivity contribution in [2.75, 3.05) is 6.61 Å². The van der Waals surface area contributed by atoms with Gasteiger partial charge in [0.1, 0.15) is 23.5 Å². The average molecular weight is 262 g/mol. The van der Waals surface area contributed by atoms with Crippen LogP contribution in [0.15, 0.2) is 36.4 Å². The van der Waals surface area contributed by atoms with Crippen LogP contribution in [0.2, 0.25) is 0 Å². The fourth-order valence-corrected chi connectivity index (χ4v) is 2.38. The molecule has 1 N–H and O–H groups in total. The van der Waals surface area contributed by atoms with Crippen LogP contribution < -0.4 is 4.74 Å². The Morgan fingerprint density at radius 1 is 1.05 bits per heavy atom. The van der Waals surface area contributed by atoms with Crippen LogP contribution in [-0.4, -0.2) is 11.7 Å². The number of benzene rings is 2. The Morgan fingerprint density at radius 3 is 2.47 bits per heavy atom. The van der Waals surface area contributed by atoms with E-state index >= 15 is 0 Å². The normalized spacial score (nSPS) is 14.9. The van der Waals surface area contributed by atoms with Crippen LogP contribution in [0, 0.1) is 11.6 Å². The number of hydrogen-bond donors (Lipinski definition) is 1. The molecule has 0 saturated heterocycles. The smallest absolute Gasteiger partial charge is 0.132 e. The molecule has 4 heteroatoms. The van der Waals surface area contributed by atoms with Crippen molar-refractivity contribution in [3.8, 4) is 5.75 Å². The number of aliphatic hydroxyl groups excluding tert-OH is 1. The molecule has 1 aliphatic rings. The molecule has 0 spiro atoms. The second-order valence-corrected chi connectivity index (χ2v) is 4.47. The summed E-state index contributed by atoms with van der Waals surface area (Å²) in [6, 6.07) is 8.80. The van der Waals surface area contributed by atoms with E-state index in [-0.39, 0.29) is 5.56 Å². The van der Waals surface area contributed by atoms with E-state index in [1.165, 1.54) is 6.07 Å². The predicted molar refractivity (Wildman–Crippen MR) is 66.1 cm³/mol. The topological polar surface area (TPSA) is 29.5 Å². The molecule has 2 aromatic rings. The first-order chi connectivity index (χ1) is 9.18. The highest BCUT2D eigenvalue weighted by atomic mass is 19.1. The largest absolute Gasteiger partial charge is 0.493 e. The minimum atomic E-state index is -1.37. The van der Waals surface area contributed by atoms with E-state index in [2.05, 4.69) is 0 Å². The molecule has 1 aliphatic heterocycles. The Kier molecular flexibility index (Phi) is 2.95. The molecular weight excluding hydrogens is 250 g/mol. The summed E-state index contributed by atoms with van der Waals surface area (Å²) < 4.78 is 32.8. The van der Waals surface area contributed by atoms with Crippen molar-refractivity contribution in [3.63, 3.8) is 0 Å². The van der Waals surface area contributed by atoms with E-state index in [4.69, 9.17) is 4.74 Å². The molecule has 0 fully saturated rings. The number of halogens is 2. The van der Waals surface area contributed by atoms with Gasteiger partial charge in [0.15, 0.2) is 0 Å². The van der Waals surface area contributed by atoms with Gasteiger partial charge in [-0.15, -0.1) is 0 Å². The van der Waals surface area contributed by atoms with Gasteiger partial charge in [0.2, 0.25) is 0 Å². The van der Waals surface area contributed by atoms with Gasteiger partial charge in [0, 0.05) is 12.0 Å². The number of para-hydroxylation sites is 1. The van der Waals surface area contributed by atoms with E-state index in [1.54, 1.807) is 12.1 Å². The van der Waals surface area contributed by atoms with E-state index < -0.39 is 17.7 Å². The molecule has 0 amide bonds. The van der Waals surface area contributed by atoms with Crippen LogP contribution in [0.5, 0.6) is 5.75 Å². The third-order valence-electron chi connectivity index (χ3n) is 3.31. The SMILES string of the molecule is OC(c1cccc2c1OCC2)c1c(F)cccc1F. The Hall–Kier alpha value is -1.94. The third-order valence-corrected chi connectivity index (χ3v) is 3.31. The van der Waals surface area contributed by atoms with Crippen LogP contribution in [0.3, 0.4) is 0 Å². The van der Waals surface area contributed by atoms with Crippen molar-refractivity contribution < 1.29 is 18.6 Å². The van der Waals surface area contributed by atoms with E-state index in [0.29, 0.717) is 17.9 Å². The van der Waals surface area contributed by atoms with Crippen molar-refractivity contribution in [3.05, 3.63) is 64.7 Å². The molecule has 2 nitrogen and oxygen atoms in total. The molecule has 1 unspecified atom stereocenters. The molecule has 0 aliphatic carbocycles. The van der Waals surface area contributed by atoms with Gasteiger partial charge in [-0.25, -0.2) is 8.78 Å². The lowest BCUT2D eigenvalue weighted by Crippen LogP contribution is -2.07. The first-order valence-corrected chi connectivity index (χ1v) is 6.05. The molecule has 0 radical (unpaired) electrons. The zero-order valence-electron chi connectivity index (χ0n) is 10.1. The molecular formula is C15H12F2O2. The number of hydrogen-bond acceptors (Lipinski definition) is 2. The van der Waals surface area contributed by atoms with E-state index in [0.717, 1.165) is 24.1 Å². The third kappa shape index (κ3) is 1.98. The summed E-state index contributed by atoms with van der Waals surface area (Å²) in [4.78, 5) is 0. The minimum Gasteiger partial charge on any atom is -0.493 e. The van der Waals surface area contributed by atoms with Gasteiger partial charge in [-0.3, -0.25) is 0 Å². The maximum atomic E-state index is 13.7. The van der Waals surface area contributed by atoms with Crippen LogP contribution in [-0.2, 0) is 6.42 Å². The van der Waals surface area contributed by atoms with Gasteiger partial charge < -0.3 is 9.84 Å². The molecule has 19 heavy (non-hydrogen) atoms. The zero-order valence-corrected chi connectivity index (χ0v) is 10.1. The molecule has 98 valence electrons. The maximum absolute atomic E-state index is 13.7. The van der Waals surface area contributed by atoms with Crippen molar-refractivity contribution in [1.29, 1.82) is 0 Å². The summed E-state index contributed by atoms with van der Waals surface area (Å²) in [6.07, 6.45) is -0.621. The molecule has 0 bridgehead atoms. The van der Waals surface area contributed by atoms with Crippen LogP contribution in [0.1, 0.15) is 22.8 Å². The second-order valence-electron chi connectivity index (χ2n) is 4.47. The minimum absolute atomic E-state index is 0.341. The van der Waals surface area contributed by atoms with E-state index in [1.807, 2.05) is 6.07 Å². The maximum Gasteiger partial charge on any atom is 0.132 e. The summed E-state index contributed by atoms with van der Waals surface area (Å²) in [5.41, 5.74) is 1.01. The second kappa shape index (κ2) is 4.63. The van der Waals surface area contributed by atoms with Gasteiger partial charge in [-0.1, -0.05) is 24.3 Å². The van der Waals surface area contributed by atoms with Crippen LogP contribution in [0.25, 0.3) is 0 Å². The van der Waals surface area contributed by atoms with Gasteiger partial charge in [0.05, 0.1) is 12.2 Å². The lowest BCUT2D eigenvalue weighted by Gasteiger charge is -2.16. The highest BCUT2D eigenvalue weighted by molar-refractivity contribution is 5.48. The summed E-state index contributed by atoms with van der Waals surface area (Å²) in [5, 5.41) is 10.3. The molecule has 0 aromatic heterocycles. The Bertz CT molecular complexity index is 605. The predicted octanol–water partition coefficient (Wildman–Crippen LogP) is 2.98. The first-order valence-electron chi connectivity index (χ1n) is 6.05. The Labute approximate surface area is 109 Å². The van der Waals surface area contributed by atoms with Crippen molar-refractivity contribution >= 4 is 0 Å². The van der Waals surface area contributed by atoms with Gasteiger partial charge in [-0.05, 0) is 17.7 Å². The number of rotatable bonds is 2. The molecule has 2 aromatic carbocycles. The van der Waals surface area contributed by atoms with Crippen molar-refractivity contribution in [1.82, 2.24) is 0 Å². The van der Waals surface area contributed by atoms with E-state index in [9.17, 15) is 13.9 Å². The van der Waals surface area contributed by atoms with Crippen molar-refractivity contribution in [2.45, 2.75) is 12.5 Å². The summed E-state index contributed by atoms with van der Waals surface area (Å²) >= 11 is 0. The molecule has 0 saturated carbocycles. The van der Waals surface area contributed by atoms with Gasteiger partial charge in [-0.2, -0.15) is 0 Å². The Balaban J connectivity index is 2.10. The standard InChI is InChI=1S/C15H12F2O2/c16-11-5-2-6-12(17)13(11)14(18)10-4-1-3-9-7-8-19-15(9)10/h1-6,14,18H,7-8H2. The lowest BCUT2D eigenvalue weighted by atomic mass is 9.97. The fraction of sp³-hybridized carbons (Fsp3) is 0.200. The Morgan fingerprint density at radius 2 is 1.74 bits per heavy atom. The van der Waals surface area contributed by atoms with Crippen molar-refractivity contribution in [2.24, 2.45) is 0 Å². The number of aliphatic hydroxyl groups is 1. The summed E-state index contributed by atoms with van der Waals surface area (Å²) in [6.45, 7) is 0.527. The fourth-order valence-electron chi connectivity index (χ4n) is 2.38. The van der Waals surface area contributed by atoms with Gasteiger partial charge in [0.25, 0.3) is 0 Å². The molecule has 1 atom stereocenters. The zero-order chi connectivity index (χ0) is 13.4. The summed E-state index contributed by atoms with van der Waals surface area (Å²) in [7, 11) is 0. The number of fused-ring (bicyclic) bond motifs is 1. The number of ether oxygens (including phenoxy) is 1. The van der Waals surface area contributed by atoms with Crippen LogP contribution >= 0.6 is 0 Å². The highest BCUT2D eigenvalue weighted by Crippen LogP contribution is 2.37. The summed E-state index contributed by atoms with van der Waals surface area (Å²) in [5.74, 6) is -0.983. The first kappa shape index (κ1) is 12.1. The van der Waals surface area contributed by atoms with Gasteiger partial charge >= 0.3 is 0 Å². The van der Waals surface area contributed by atoms with Crippen LogP contribution in [0.4, 0.5) is 8.78 Å². The average Bonchev–Trinajstić information content (AvgIpc) is 2.86. The lowest BCUT2D eigenvalue weighted by molar-refractivity contribution is 0.203.